The number of carbonyl (C=O) groups is 1. The minimum atomic E-state index is -0.230. The van der Waals surface area contributed by atoms with Crippen molar-refractivity contribution >= 4 is 16.9 Å². The normalized spacial score (nSPS) is 18.9. The second-order valence-electron chi connectivity index (χ2n) is 5.76. The first-order valence-electron chi connectivity index (χ1n) is 7.37. The van der Waals surface area contributed by atoms with E-state index in [-0.39, 0.29) is 18.0 Å². The number of piperidine rings is 1. The van der Waals surface area contributed by atoms with Crippen LogP contribution in [0, 0.1) is 5.92 Å². The Morgan fingerprint density at radius 1 is 1.38 bits per heavy atom. The Balaban J connectivity index is 1.89. The van der Waals surface area contributed by atoms with E-state index >= 15 is 0 Å². The molecule has 1 aliphatic rings. The van der Waals surface area contributed by atoms with Gasteiger partial charge < -0.3 is 4.90 Å². The fourth-order valence-corrected chi connectivity index (χ4v) is 2.93. The molecule has 3 rings (SSSR count). The van der Waals surface area contributed by atoms with E-state index in [1.165, 1.54) is 17.2 Å². The highest BCUT2D eigenvalue weighted by Crippen LogP contribution is 2.16. The van der Waals surface area contributed by atoms with Crippen LogP contribution in [0.5, 0.6) is 0 Å². The van der Waals surface area contributed by atoms with Crippen molar-refractivity contribution in [1.29, 1.82) is 0 Å². The van der Waals surface area contributed by atoms with Crippen LogP contribution in [-0.2, 0) is 11.3 Å². The zero-order valence-electron chi connectivity index (χ0n) is 12.2. The predicted molar refractivity (Wildman–Crippen MR) is 81.0 cm³/mol. The highest BCUT2D eigenvalue weighted by Gasteiger charge is 2.21. The molecule has 0 unspecified atom stereocenters. The lowest BCUT2D eigenvalue weighted by molar-refractivity contribution is -0.133. The van der Waals surface area contributed by atoms with Crippen LogP contribution in [-0.4, -0.2) is 33.4 Å². The average Bonchev–Trinajstić information content (AvgIpc) is 2.50. The maximum absolute atomic E-state index is 12.5. The number of carbonyl (C=O) groups excluding carboxylic acids is 1. The van der Waals surface area contributed by atoms with Gasteiger partial charge in [0.05, 0.1) is 17.2 Å². The Kier molecular flexibility index (Phi) is 3.73. The lowest BCUT2D eigenvalue weighted by atomic mass is 10.0. The molecule has 1 aliphatic heterocycles. The molecule has 2 heterocycles. The number of nitrogens with zero attached hydrogens (tertiary/aromatic N) is 3. The van der Waals surface area contributed by atoms with Gasteiger partial charge in [-0.3, -0.25) is 14.2 Å². The topological polar surface area (TPSA) is 55.2 Å². The van der Waals surface area contributed by atoms with E-state index in [0.717, 1.165) is 25.0 Å². The SMILES string of the molecule is C[C@H]1CCCN(C(=O)Cn2c(=O)cnc3ccccc32)C1. The van der Waals surface area contributed by atoms with Gasteiger partial charge in [0.15, 0.2) is 0 Å². The van der Waals surface area contributed by atoms with E-state index in [4.69, 9.17) is 0 Å². The molecular formula is C16H19N3O2. The third-order valence-corrected chi connectivity index (χ3v) is 4.06. The molecule has 1 atom stereocenters. The van der Waals surface area contributed by atoms with Crippen molar-refractivity contribution in [3.63, 3.8) is 0 Å². The number of hydrogen-bond donors (Lipinski definition) is 0. The Hall–Kier alpha value is -2.17. The summed E-state index contributed by atoms with van der Waals surface area (Å²) >= 11 is 0. The van der Waals surface area contributed by atoms with Crippen molar-refractivity contribution in [3.8, 4) is 0 Å². The van der Waals surface area contributed by atoms with Crippen molar-refractivity contribution < 1.29 is 4.79 Å². The van der Waals surface area contributed by atoms with Crippen molar-refractivity contribution in [2.45, 2.75) is 26.3 Å². The molecule has 1 fully saturated rings. The maximum Gasteiger partial charge on any atom is 0.269 e. The van der Waals surface area contributed by atoms with Gasteiger partial charge in [-0.15, -0.1) is 0 Å². The smallest absolute Gasteiger partial charge is 0.269 e. The molecule has 1 saturated heterocycles. The van der Waals surface area contributed by atoms with Crippen molar-refractivity contribution in [3.05, 3.63) is 40.8 Å². The minimum Gasteiger partial charge on any atom is -0.341 e. The fourth-order valence-electron chi connectivity index (χ4n) is 2.93. The summed E-state index contributed by atoms with van der Waals surface area (Å²) < 4.78 is 1.52. The van der Waals surface area contributed by atoms with Gasteiger partial charge in [-0.2, -0.15) is 0 Å². The number of rotatable bonds is 2. The molecule has 5 nitrogen and oxygen atoms in total. The zero-order chi connectivity index (χ0) is 14.8. The first kappa shape index (κ1) is 13.8. The summed E-state index contributed by atoms with van der Waals surface area (Å²) in [5, 5.41) is 0. The van der Waals surface area contributed by atoms with Gasteiger partial charge in [-0.25, -0.2) is 4.98 Å². The highest BCUT2D eigenvalue weighted by atomic mass is 16.2. The summed E-state index contributed by atoms with van der Waals surface area (Å²) in [6.45, 7) is 3.83. The number of likely N-dealkylation sites (tertiary alicyclic amines) is 1. The number of para-hydroxylation sites is 2. The van der Waals surface area contributed by atoms with Gasteiger partial charge in [-0.1, -0.05) is 19.1 Å². The molecule has 0 radical (unpaired) electrons. The van der Waals surface area contributed by atoms with Gasteiger partial charge in [-0.05, 0) is 30.9 Å². The van der Waals surface area contributed by atoms with E-state index in [9.17, 15) is 9.59 Å². The molecule has 0 spiro atoms. The summed E-state index contributed by atoms with van der Waals surface area (Å²) in [6.07, 6.45) is 3.50. The second kappa shape index (κ2) is 5.68. The van der Waals surface area contributed by atoms with Gasteiger partial charge in [0.1, 0.15) is 6.54 Å². The minimum absolute atomic E-state index is 0.0139. The number of amides is 1. The molecule has 1 amide bonds. The fraction of sp³-hybridized carbons (Fsp3) is 0.438. The van der Waals surface area contributed by atoms with Crippen LogP contribution in [0.2, 0.25) is 0 Å². The van der Waals surface area contributed by atoms with Crippen LogP contribution in [0.4, 0.5) is 0 Å². The van der Waals surface area contributed by atoms with E-state index in [0.29, 0.717) is 11.4 Å². The highest BCUT2D eigenvalue weighted by molar-refractivity contribution is 5.80. The van der Waals surface area contributed by atoms with Crippen LogP contribution in [0.15, 0.2) is 35.3 Å². The number of fused-ring (bicyclic) bond motifs is 1. The zero-order valence-corrected chi connectivity index (χ0v) is 12.2. The second-order valence-corrected chi connectivity index (χ2v) is 5.76. The van der Waals surface area contributed by atoms with Crippen molar-refractivity contribution in [2.24, 2.45) is 5.92 Å². The molecule has 1 aromatic heterocycles. The van der Waals surface area contributed by atoms with E-state index in [1.54, 1.807) is 0 Å². The summed E-state index contributed by atoms with van der Waals surface area (Å²) in [6, 6.07) is 7.40. The molecule has 0 saturated carbocycles. The summed E-state index contributed by atoms with van der Waals surface area (Å²) in [5.41, 5.74) is 1.22. The molecule has 0 N–H and O–H groups in total. The molecule has 0 bridgehead atoms. The van der Waals surface area contributed by atoms with Crippen LogP contribution >= 0.6 is 0 Å². The van der Waals surface area contributed by atoms with Crippen LogP contribution in [0.1, 0.15) is 19.8 Å². The van der Waals surface area contributed by atoms with Gasteiger partial charge in [0.25, 0.3) is 5.56 Å². The molecule has 1 aromatic carbocycles. The average molecular weight is 285 g/mol. The van der Waals surface area contributed by atoms with Crippen LogP contribution < -0.4 is 5.56 Å². The largest absolute Gasteiger partial charge is 0.341 e. The van der Waals surface area contributed by atoms with Crippen LogP contribution in [0.25, 0.3) is 11.0 Å². The molecule has 110 valence electrons. The maximum atomic E-state index is 12.5. The van der Waals surface area contributed by atoms with E-state index in [1.807, 2.05) is 29.2 Å². The predicted octanol–water partition coefficient (Wildman–Crippen LogP) is 1.65. The summed E-state index contributed by atoms with van der Waals surface area (Å²) in [5.74, 6) is 0.550. The van der Waals surface area contributed by atoms with Crippen molar-refractivity contribution in [2.75, 3.05) is 13.1 Å². The first-order valence-corrected chi connectivity index (χ1v) is 7.37. The lowest BCUT2D eigenvalue weighted by Crippen LogP contribution is -2.42. The number of aromatic nitrogens is 2. The Labute approximate surface area is 123 Å². The van der Waals surface area contributed by atoms with Gasteiger partial charge in [0.2, 0.25) is 5.91 Å². The number of hydrogen-bond acceptors (Lipinski definition) is 3. The monoisotopic (exact) mass is 285 g/mol. The Morgan fingerprint density at radius 2 is 2.19 bits per heavy atom. The first-order chi connectivity index (χ1) is 10.1. The quantitative estimate of drug-likeness (QED) is 0.843. The lowest BCUT2D eigenvalue weighted by Gasteiger charge is -2.31. The van der Waals surface area contributed by atoms with Gasteiger partial charge in [0, 0.05) is 13.1 Å². The Morgan fingerprint density at radius 3 is 3.00 bits per heavy atom. The third kappa shape index (κ3) is 2.82. The Bertz CT molecular complexity index is 723. The van der Waals surface area contributed by atoms with Crippen LogP contribution in [0.3, 0.4) is 0 Å². The molecule has 21 heavy (non-hydrogen) atoms. The molecule has 0 aliphatic carbocycles. The molecular weight excluding hydrogens is 266 g/mol. The van der Waals surface area contributed by atoms with Gasteiger partial charge >= 0.3 is 0 Å². The van der Waals surface area contributed by atoms with Crippen molar-refractivity contribution in [1.82, 2.24) is 14.5 Å². The standard InChI is InChI=1S/C16H19N3O2/c1-12-5-4-8-18(10-12)16(21)11-19-14-7-3-2-6-13(14)17-9-15(19)20/h2-3,6-7,9,12H,4-5,8,10-11H2,1H3/t12-/m0/s1. The summed E-state index contributed by atoms with van der Waals surface area (Å²) in [4.78, 5) is 30.5. The number of benzene rings is 1. The molecule has 2 aromatic rings. The van der Waals surface area contributed by atoms with E-state index in [2.05, 4.69) is 11.9 Å². The summed E-state index contributed by atoms with van der Waals surface area (Å²) in [7, 11) is 0. The molecule has 5 heteroatoms. The third-order valence-electron chi connectivity index (χ3n) is 4.06. The van der Waals surface area contributed by atoms with E-state index < -0.39 is 0 Å².